The van der Waals surface area contributed by atoms with Crippen molar-refractivity contribution in [1.82, 2.24) is 0 Å². The SMILES string of the molecule is Cc1c(-c2cc3c(c[n+]2C)oc2c4ccccc4ccc32)sc2ccccc12. The van der Waals surface area contributed by atoms with Crippen LogP contribution in [0.4, 0.5) is 0 Å². The third-order valence-corrected chi connectivity index (χ3v) is 6.99. The molecule has 0 amide bonds. The average Bonchev–Trinajstić information content (AvgIpc) is 3.25. The van der Waals surface area contributed by atoms with E-state index >= 15 is 0 Å². The molecular formula is C25H18NOS+. The largest absolute Gasteiger partial charge is 0.449 e. The van der Waals surface area contributed by atoms with Gasteiger partial charge in [-0.3, -0.25) is 0 Å². The van der Waals surface area contributed by atoms with E-state index in [0.29, 0.717) is 0 Å². The van der Waals surface area contributed by atoms with E-state index in [9.17, 15) is 0 Å². The summed E-state index contributed by atoms with van der Waals surface area (Å²) < 4.78 is 9.83. The number of furan rings is 1. The molecule has 28 heavy (non-hydrogen) atoms. The van der Waals surface area contributed by atoms with Gasteiger partial charge in [0.2, 0.25) is 11.9 Å². The quantitative estimate of drug-likeness (QED) is 0.288. The van der Waals surface area contributed by atoms with E-state index in [1.54, 1.807) is 0 Å². The van der Waals surface area contributed by atoms with Gasteiger partial charge in [0.05, 0.1) is 0 Å². The Kier molecular flexibility index (Phi) is 3.21. The number of thiophene rings is 1. The third kappa shape index (κ3) is 2.11. The van der Waals surface area contributed by atoms with Gasteiger partial charge < -0.3 is 4.42 Å². The minimum Gasteiger partial charge on any atom is -0.449 e. The van der Waals surface area contributed by atoms with Crippen molar-refractivity contribution in [3.8, 4) is 10.6 Å². The summed E-state index contributed by atoms with van der Waals surface area (Å²) in [6.07, 6.45) is 2.11. The summed E-state index contributed by atoms with van der Waals surface area (Å²) in [6, 6.07) is 23.7. The van der Waals surface area contributed by atoms with Crippen molar-refractivity contribution in [3.05, 3.63) is 78.5 Å². The summed E-state index contributed by atoms with van der Waals surface area (Å²) >= 11 is 1.86. The maximum atomic E-state index is 6.31. The van der Waals surface area contributed by atoms with Crippen LogP contribution in [0.25, 0.3) is 53.4 Å². The van der Waals surface area contributed by atoms with Gasteiger partial charge in [0.1, 0.15) is 17.5 Å². The number of rotatable bonds is 1. The molecule has 2 nitrogen and oxygen atoms in total. The molecule has 0 bridgehead atoms. The lowest BCUT2D eigenvalue weighted by Crippen LogP contribution is -2.30. The standard InChI is InChI=1S/C25H18NOS/c1-15-17-8-5-6-10-23(17)28-25(15)21-13-20-19-12-11-16-7-3-4-9-18(16)24(19)27-22(20)14-26(21)2/h3-14H,1-2H3/q+1. The van der Waals surface area contributed by atoms with Crippen LogP contribution in [0.5, 0.6) is 0 Å². The molecule has 0 aliphatic heterocycles. The van der Waals surface area contributed by atoms with Crippen LogP contribution in [-0.4, -0.2) is 0 Å². The first-order valence-corrected chi connectivity index (χ1v) is 10.2. The van der Waals surface area contributed by atoms with Crippen LogP contribution < -0.4 is 4.57 Å². The summed E-state index contributed by atoms with van der Waals surface area (Å²) in [5.41, 5.74) is 4.46. The molecule has 0 aliphatic carbocycles. The molecule has 6 rings (SSSR count). The summed E-state index contributed by atoms with van der Waals surface area (Å²) in [6.45, 7) is 2.22. The van der Waals surface area contributed by atoms with Crippen LogP contribution in [0.1, 0.15) is 5.56 Å². The fourth-order valence-electron chi connectivity index (χ4n) is 4.24. The van der Waals surface area contributed by atoms with Gasteiger partial charge in [-0.2, -0.15) is 4.57 Å². The molecular weight excluding hydrogens is 362 g/mol. The van der Waals surface area contributed by atoms with Crippen LogP contribution in [-0.2, 0) is 7.05 Å². The van der Waals surface area contributed by atoms with Crippen molar-refractivity contribution in [2.45, 2.75) is 6.92 Å². The molecule has 0 N–H and O–H groups in total. The summed E-state index contributed by atoms with van der Waals surface area (Å²) in [7, 11) is 2.10. The number of benzene rings is 3. The smallest absolute Gasteiger partial charge is 0.223 e. The number of pyridine rings is 1. The van der Waals surface area contributed by atoms with Gasteiger partial charge in [0.25, 0.3) is 0 Å². The van der Waals surface area contributed by atoms with Gasteiger partial charge in [-0.15, -0.1) is 11.3 Å². The third-order valence-electron chi connectivity index (χ3n) is 5.70. The minimum atomic E-state index is 0.927. The van der Waals surface area contributed by atoms with E-state index in [1.165, 1.54) is 47.8 Å². The van der Waals surface area contributed by atoms with Gasteiger partial charge >= 0.3 is 0 Å². The lowest BCUT2D eigenvalue weighted by molar-refractivity contribution is -0.659. The molecule has 134 valence electrons. The molecule has 0 saturated carbocycles. The Bertz CT molecular complexity index is 1540. The number of fused-ring (bicyclic) bond motifs is 6. The number of nitrogens with zero attached hydrogens (tertiary/aromatic N) is 1. The maximum Gasteiger partial charge on any atom is 0.223 e. The number of aromatic nitrogens is 1. The zero-order chi connectivity index (χ0) is 18.8. The molecule has 0 aliphatic rings. The van der Waals surface area contributed by atoms with Crippen molar-refractivity contribution >= 4 is 54.1 Å². The van der Waals surface area contributed by atoms with E-state index < -0.39 is 0 Å². The van der Waals surface area contributed by atoms with Crippen molar-refractivity contribution in [1.29, 1.82) is 0 Å². The monoisotopic (exact) mass is 380 g/mol. The van der Waals surface area contributed by atoms with Crippen molar-refractivity contribution < 1.29 is 8.98 Å². The Morgan fingerprint density at radius 2 is 1.61 bits per heavy atom. The fourth-order valence-corrected chi connectivity index (χ4v) is 5.50. The van der Waals surface area contributed by atoms with Gasteiger partial charge in [-0.05, 0) is 35.4 Å². The molecule has 0 unspecified atom stereocenters. The number of hydrogen-bond acceptors (Lipinski definition) is 2. The summed E-state index contributed by atoms with van der Waals surface area (Å²) in [5.74, 6) is 0. The Morgan fingerprint density at radius 1 is 0.821 bits per heavy atom. The Hall–Kier alpha value is -3.17. The summed E-state index contributed by atoms with van der Waals surface area (Å²) in [4.78, 5) is 1.32. The average molecular weight is 380 g/mol. The molecule has 3 heteroatoms. The molecule has 0 atom stereocenters. The second-order valence-electron chi connectivity index (χ2n) is 7.37. The molecule has 3 heterocycles. The van der Waals surface area contributed by atoms with Gasteiger partial charge in [0, 0.05) is 26.9 Å². The molecule has 0 radical (unpaired) electrons. The van der Waals surface area contributed by atoms with Crippen molar-refractivity contribution in [3.63, 3.8) is 0 Å². The van der Waals surface area contributed by atoms with Gasteiger partial charge in [0.15, 0.2) is 5.58 Å². The van der Waals surface area contributed by atoms with Crippen LogP contribution in [0, 0.1) is 6.92 Å². The molecule has 0 saturated heterocycles. The molecule has 3 aromatic carbocycles. The summed E-state index contributed by atoms with van der Waals surface area (Å²) in [5, 5.41) is 6.06. The second kappa shape index (κ2) is 5.66. The highest BCUT2D eigenvalue weighted by Gasteiger charge is 2.21. The van der Waals surface area contributed by atoms with Crippen molar-refractivity contribution in [2.75, 3.05) is 0 Å². The fraction of sp³-hybridized carbons (Fsp3) is 0.0800. The van der Waals surface area contributed by atoms with Crippen LogP contribution in [0.15, 0.2) is 77.3 Å². The predicted molar refractivity (Wildman–Crippen MR) is 118 cm³/mol. The first kappa shape index (κ1) is 15.8. The minimum absolute atomic E-state index is 0.927. The Balaban J connectivity index is 1.69. The molecule has 3 aromatic heterocycles. The van der Waals surface area contributed by atoms with E-state index in [1.807, 2.05) is 11.3 Å². The molecule has 0 spiro atoms. The topological polar surface area (TPSA) is 17.0 Å². The zero-order valence-corrected chi connectivity index (χ0v) is 16.5. The zero-order valence-electron chi connectivity index (χ0n) is 15.7. The Morgan fingerprint density at radius 3 is 2.46 bits per heavy atom. The lowest BCUT2D eigenvalue weighted by Gasteiger charge is -2.00. The first-order valence-electron chi connectivity index (χ1n) is 9.43. The highest BCUT2D eigenvalue weighted by atomic mass is 32.1. The van der Waals surface area contributed by atoms with Gasteiger partial charge in [-0.1, -0.05) is 48.5 Å². The highest BCUT2D eigenvalue weighted by molar-refractivity contribution is 7.22. The number of hydrogen-bond donors (Lipinski definition) is 0. The first-order chi connectivity index (χ1) is 13.7. The van der Waals surface area contributed by atoms with E-state index in [2.05, 4.69) is 91.5 Å². The Labute approximate surface area is 166 Å². The van der Waals surface area contributed by atoms with E-state index in [-0.39, 0.29) is 0 Å². The number of aryl methyl sites for hydroxylation is 2. The van der Waals surface area contributed by atoms with Crippen LogP contribution in [0.3, 0.4) is 0 Å². The van der Waals surface area contributed by atoms with E-state index in [0.717, 1.165) is 11.2 Å². The normalized spacial score (nSPS) is 11.9. The van der Waals surface area contributed by atoms with E-state index in [4.69, 9.17) is 4.42 Å². The van der Waals surface area contributed by atoms with Crippen LogP contribution in [0.2, 0.25) is 0 Å². The lowest BCUT2D eigenvalue weighted by atomic mass is 10.1. The van der Waals surface area contributed by atoms with Crippen LogP contribution >= 0.6 is 11.3 Å². The molecule has 6 aromatic rings. The predicted octanol–water partition coefficient (Wildman–Crippen LogP) is 6.75. The maximum absolute atomic E-state index is 6.31. The van der Waals surface area contributed by atoms with Crippen molar-refractivity contribution in [2.24, 2.45) is 7.05 Å². The second-order valence-corrected chi connectivity index (χ2v) is 8.42. The highest BCUT2D eigenvalue weighted by Crippen LogP contribution is 2.39. The molecule has 0 fully saturated rings. The van der Waals surface area contributed by atoms with Gasteiger partial charge in [-0.25, -0.2) is 0 Å².